The van der Waals surface area contributed by atoms with E-state index in [2.05, 4.69) is 25.2 Å². The Hall–Kier alpha value is -2.15. The summed E-state index contributed by atoms with van der Waals surface area (Å²) in [4.78, 5) is 14.7. The Labute approximate surface area is 123 Å². The average Bonchev–Trinajstić information content (AvgIpc) is 3.18. The molecule has 1 unspecified atom stereocenters. The second kappa shape index (κ2) is 6.53. The summed E-state index contributed by atoms with van der Waals surface area (Å²) in [5.74, 6) is 1.69. The van der Waals surface area contributed by atoms with Crippen molar-refractivity contribution in [3.63, 3.8) is 0 Å². The van der Waals surface area contributed by atoms with Crippen LogP contribution >= 0.6 is 0 Å². The molecule has 0 amide bonds. The van der Waals surface area contributed by atoms with Crippen molar-refractivity contribution in [3.05, 3.63) is 31.1 Å². The van der Waals surface area contributed by atoms with Gasteiger partial charge in [-0.25, -0.2) is 15.0 Å². The van der Waals surface area contributed by atoms with Gasteiger partial charge in [0, 0.05) is 38.1 Å². The van der Waals surface area contributed by atoms with Crippen molar-refractivity contribution in [2.24, 2.45) is 0 Å². The molecular weight excluding hydrogens is 268 g/mol. The van der Waals surface area contributed by atoms with Crippen LogP contribution in [0.3, 0.4) is 0 Å². The van der Waals surface area contributed by atoms with Gasteiger partial charge in [0.2, 0.25) is 0 Å². The molecule has 3 rings (SSSR count). The molecule has 2 aromatic heterocycles. The average molecular weight is 288 g/mol. The summed E-state index contributed by atoms with van der Waals surface area (Å²) in [7, 11) is 0. The van der Waals surface area contributed by atoms with E-state index in [4.69, 9.17) is 0 Å². The number of aliphatic hydroxyl groups excluding tert-OH is 1. The van der Waals surface area contributed by atoms with E-state index in [1.54, 1.807) is 18.9 Å². The van der Waals surface area contributed by atoms with Crippen LogP contribution in [0.15, 0.2) is 31.1 Å². The molecular formula is C14H20N6O. The zero-order chi connectivity index (χ0) is 14.5. The third kappa shape index (κ3) is 3.30. The Morgan fingerprint density at radius 3 is 3.14 bits per heavy atom. The fourth-order valence-corrected chi connectivity index (χ4v) is 2.66. The Morgan fingerprint density at radius 1 is 1.38 bits per heavy atom. The lowest BCUT2D eigenvalue weighted by Gasteiger charge is -2.24. The van der Waals surface area contributed by atoms with Gasteiger partial charge in [-0.3, -0.25) is 0 Å². The van der Waals surface area contributed by atoms with Gasteiger partial charge in [-0.05, 0) is 12.8 Å². The highest BCUT2D eigenvalue weighted by Gasteiger charge is 2.24. The fraction of sp³-hybridized carbons (Fsp3) is 0.500. The summed E-state index contributed by atoms with van der Waals surface area (Å²) in [5.41, 5.74) is 0. The van der Waals surface area contributed by atoms with Crippen LogP contribution in [0.2, 0.25) is 0 Å². The molecule has 0 saturated carbocycles. The van der Waals surface area contributed by atoms with Crippen molar-refractivity contribution in [2.45, 2.75) is 25.4 Å². The van der Waals surface area contributed by atoms with Gasteiger partial charge in [-0.1, -0.05) is 0 Å². The lowest BCUT2D eigenvalue weighted by atomic mass is 10.2. The monoisotopic (exact) mass is 288 g/mol. The van der Waals surface area contributed by atoms with Gasteiger partial charge in [0.05, 0.1) is 19.0 Å². The van der Waals surface area contributed by atoms with Crippen LogP contribution in [0.1, 0.15) is 12.8 Å². The minimum absolute atomic E-state index is 0.174. The number of imidazole rings is 1. The fourth-order valence-electron chi connectivity index (χ4n) is 2.66. The molecule has 1 aliphatic heterocycles. The van der Waals surface area contributed by atoms with E-state index < -0.39 is 0 Å². The van der Waals surface area contributed by atoms with E-state index >= 15 is 0 Å². The highest BCUT2D eigenvalue weighted by molar-refractivity contribution is 5.49. The molecule has 1 aliphatic rings. The Bertz CT molecular complexity index is 558. The van der Waals surface area contributed by atoms with E-state index in [-0.39, 0.29) is 12.6 Å². The first kappa shape index (κ1) is 13.8. The van der Waals surface area contributed by atoms with Crippen molar-refractivity contribution < 1.29 is 5.11 Å². The highest BCUT2D eigenvalue weighted by atomic mass is 16.3. The summed E-state index contributed by atoms with van der Waals surface area (Å²) in [6, 6.07) is 2.13. The second-order valence-corrected chi connectivity index (χ2v) is 5.16. The molecule has 0 radical (unpaired) electrons. The van der Waals surface area contributed by atoms with E-state index in [1.807, 2.05) is 16.8 Å². The minimum atomic E-state index is 0.174. The predicted octanol–water partition coefficient (Wildman–Crippen LogP) is 0.746. The molecule has 0 bridgehead atoms. The standard InChI is InChI=1S/C14H20N6O/c21-9-12-2-1-5-20(12)14-8-13(17-10-18-14)16-4-7-19-6-3-15-11-19/h3,6,8,10-12,21H,1-2,4-5,7,9H2,(H,16,17,18). The molecule has 2 N–H and O–H groups in total. The van der Waals surface area contributed by atoms with Gasteiger partial charge in [0.15, 0.2) is 0 Å². The van der Waals surface area contributed by atoms with E-state index in [0.29, 0.717) is 0 Å². The molecule has 21 heavy (non-hydrogen) atoms. The highest BCUT2D eigenvalue weighted by Crippen LogP contribution is 2.24. The van der Waals surface area contributed by atoms with Gasteiger partial charge in [-0.15, -0.1) is 0 Å². The molecule has 7 nitrogen and oxygen atoms in total. The molecule has 7 heteroatoms. The third-order valence-corrected chi connectivity index (χ3v) is 3.77. The number of anilines is 2. The predicted molar refractivity (Wildman–Crippen MR) is 80.2 cm³/mol. The molecule has 2 aromatic rings. The lowest BCUT2D eigenvalue weighted by molar-refractivity contribution is 0.266. The number of aromatic nitrogens is 4. The van der Waals surface area contributed by atoms with Crippen LogP contribution in [0.5, 0.6) is 0 Å². The van der Waals surface area contributed by atoms with Gasteiger partial charge < -0.3 is 19.9 Å². The maximum absolute atomic E-state index is 9.40. The molecule has 112 valence electrons. The first-order valence-electron chi connectivity index (χ1n) is 7.26. The number of hydrogen-bond acceptors (Lipinski definition) is 6. The molecule has 0 aromatic carbocycles. The van der Waals surface area contributed by atoms with Crippen molar-refractivity contribution in [1.29, 1.82) is 0 Å². The van der Waals surface area contributed by atoms with Crippen molar-refractivity contribution in [2.75, 3.05) is 29.9 Å². The normalized spacial score (nSPS) is 18.1. The molecule has 1 fully saturated rings. The maximum atomic E-state index is 9.40. The summed E-state index contributed by atoms with van der Waals surface area (Å²) < 4.78 is 2.01. The van der Waals surface area contributed by atoms with Gasteiger partial charge >= 0.3 is 0 Å². The van der Waals surface area contributed by atoms with Crippen molar-refractivity contribution >= 4 is 11.6 Å². The largest absolute Gasteiger partial charge is 0.394 e. The molecule has 1 atom stereocenters. The van der Waals surface area contributed by atoms with E-state index in [0.717, 1.165) is 44.1 Å². The summed E-state index contributed by atoms with van der Waals surface area (Å²) in [6.45, 7) is 2.72. The molecule has 0 aliphatic carbocycles. The first-order valence-corrected chi connectivity index (χ1v) is 7.26. The molecule has 0 spiro atoms. The van der Waals surface area contributed by atoms with Crippen molar-refractivity contribution in [1.82, 2.24) is 19.5 Å². The zero-order valence-electron chi connectivity index (χ0n) is 11.9. The first-order chi connectivity index (χ1) is 10.4. The van der Waals surface area contributed by atoms with Crippen LogP contribution < -0.4 is 10.2 Å². The van der Waals surface area contributed by atoms with Crippen LogP contribution in [-0.2, 0) is 6.54 Å². The van der Waals surface area contributed by atoms with Crippen LogP contribution in [0.25, 0.3) is 0 Å². The second-order valence-electron chi connectivity index (χ2n) is 5.16. The van der Waals surface area contributed by atoms with Crippen LogP contribution in [0.4, 0.5) is 11.6 Å². The number of aliphatic hydroxyl groups is 1. The van der Waals surface area contributed by atoms with Crippen LogP contribution in [0, 0.1) is 0 Å². The Balaban J connectivity index is 1.60. The number of hydrogen-bond donors (Lipinski definition) is 2. The van der Waals surface area contributed by atoms with Crippen LogP contribution in [-0.4, -0.2) is 50.4 Å². The number of rotatable bonds is 6. The summed E-state index contributed by atoms with van der Waals surface area (Å²) in [5, 5.41) is 12.7. The quantitative estimate of drug-likeness (QED) is 0.816. The van der Waals surface area contributed by atoms with E-state index in [9.17, 15) is 5.11 Å². The smallest absolute Gasteiger partial charge is 0.134 e. The van der Waals surface area contributed by atoms with Gasteiger partial charge in [-0.2, -0.15) is 0 Å². The molecule has 3 heterocycles. The summed E-state index contributed by atoms with van der Waals surface area (Å²) in [6.07, 6.45) is 9.18. The topological polar surface area (TPSA) is 79.1 Å². The number of nitrogens with one attached hydrogen (secondary N) is 1. The Morgan fingerprint density at radius 2 is 2.33 bits per heavy atom. The maximum Gasteiger partial charge on any atom is 0.134 e. The number of nitrogens with zero attached hydrogens (tertiary/aromatic N) is 5. The van der Waals surface area contributed by atoms with Gasteiger partial charge in [0.1, 0.15) is 18.0 Å². The SMILES string of the molecule is OCC1CCCN1c1cc(NCCn2ccnc2)ncn1. The van der Waals surface area contributed by atoms with E-state index in [1.165, 1.54) is 0 Å². The lowest BCUT2D eigenvalue weighted by Crippen LogP contribution is -2.32. The third-order valence-electron chi connectivity index (χ3n) is 3.77. The summed E-state index contributed by atoms with van der Waals surface area (Å²) >= 11 is 0. The Kier molecular flexibility index (Phi) is 4.30. The minimum Gasteiger partial charge on any atom is -0.394 e. The molecule has 1 saturated heterocycles. The van der Waals surface area contributed by atoms with Gasteiger partial charge in [0.25, 0.3) is 0 Å². The van der Waals surface area contributed by atoms with Crippen molar-refractivity contribution in [3.8, 4) is 0 Å². The zero-order valence-corrected chi connectivity index (χ0v) is 11.9.